The number of sulfonamides is 1. The number of fused-ring (bicyclic) bond motifs is 1. The smallest absolute Gasteiger partial charge is 0.411 e. The fraction of sp³-hybridized carbons (Fsp3) is 0.214. The molecule has 0 atom stereocenters. The SMILES string of the molecule is COC(=O)Nc1ccc(/C(Nc2ccc(N(CCN(C)C)S(C)(=O)=O)cc2)=C2/C(=O)Nc3cc(Cl)ccc32)cc1. The fourth-order valence-corrected chi connectivity index (χ4v) is 5.28. The van der Waals surface area contributed by atoms with Crippen LogP contribution in [-0.4, -0.2) is 65.9 Å². The van der Waals surface area contributed by atoms with Gasteiger partial charge < -0.3 is 20.3 Å². The van der Waals surface area contributed by atoms with Gasteiger partial charge >= 0.3 is 6.09 Å². The Labute approximate surface area is 238 Å². The average Bonchev–Trinajstić information content (AvgIpc) is 3.22. The van der Waals surface area contributed by atoms with Gasteiger partial charge in [0, 0.05) is 35.1 Å². The van der Waals surface area contributed by atoms with E-state index >= 15 is 0 Å². The summed E-state index contributed by atoms with van der Waals surface area (Å²) < 4.78 is 30.9. The highest BCUT2D eigenvalue weighted by Gasteiger charge is 2.29. The van der Waals surface area contributed by atoms with Crippen molar-refractivity contribution < 1.29 is 22.7 Å². The number of carbonyl (C=O) groups is 2. The van der Waals surface area contributed by atoms with Gasteiger partial charge in [-0.25, -0.2) is 13.2 Å². The molecule has 12 heteroatoms. The number of carbonyl (C=O) groups excluding carboxylic acids is 2. The Kier molecular flexibility index (Phi) is 8.67. The Morgan fingerprint density at radius 1 is 0.950 bits per heavy atom. The predicted molar refractivity (Wildman–Crippen MR) is 160 cm³/mol. The van der Waals surface area contributed by atoms with Gasteiger partial charge in [0.1, 0.15) is 0 Å². The molecule has 10 nitrogen and oxygen atoms in total. The van der Waals surface area contributed by atoms with Gasteiger partial charge in [-0.1, -0.05) is 29.8 Å². The van der Waals surface area contributed by atoms with Crippen LogP contribution in [0.15, 0.2) is 66.7 Å². The van der Waals surface area contributed by atoms with Crippen LogP contribution in [0.5, 0.6) is 0 Å². The van der Waals surface area contributed by atoms with Gasteiger partial charge in [0.05, 0.1) is 36.0 Å². The van der Waals surface area contributed by atoms with Gasteiger partial charge in [-0.3, -0.25) is 14.4 Å². The Morgan fingerprint density at radius 3 is 2.17 bits per heavy atom. The molecule has 3 aromatic carbocycles. The third-order valence-electron chi connectivity index (χ3n) is 6.16. The molecule has 0 bridgehead atoms. The molecule has 0 aromatic heterocycles. The monoisotopic (exact) mass is 583 g/mol. The van der Waals surface area contributed by atoms with Crippen LogP contribution in [0.25, 0.3) is 11.3 Å². The summed E-state index contributed by atoms with van der Waals surface area (Å²) in [6.45, 7) is 0.863. The summed E-state index contributed by atoms with van der Waals surface area (Å²) in [5, 5.41) is 9.31. The van der Waals surface area contributed by atoms with Gasteiger partial charge in [0.25, 0.3) is 5.91 Å². The highest BCUT2D eigenvalue weighted by molar-refractivity contribution is 7.92. The molecule has 0 aliphatic carbocycles. The van der Waals surface area contributed by atoms with Crippen LogP contribution in [0.1, 0.15) is 11.1 Å². The summed E-state index contributed by atoms with van der Waals surface area (Å²) in [5.41, 5.74) is 4.56. The van der Waals surface area contributed by atoms with Gasteiger partial charge in [0.2, 0.25) is 10.0 Å². The lowest BCUT2D eigenvalue weighted by Crippen LogP contribution is -2.35. The van der Waals surface area contributed by atoms with Crippen molar-refractivity contribution in [3.05, 3.63) is 82.9 Å². The molecular formula is C28H30ClN5O5S. The molecule has 3 aromatic rings. The summed E-state index contributed by atoms with van der Waals surface area (Å²) in [7, 11) is 1.55. The number of hydrogen-bond donors (Lipinski definition) is 3. The number of benzene rings is 3. The van der Waals surface area contributed by atoms with Crippen molar-refractivity contribution >= 4 is 67.6 Å². The zero-order chi connectivity index (χ0) is 29.0. The lowest BCUT2D eigenvalue weighted by atomic mass is 9.99. The van der Waals surface area contributed by atoms with Crippen LogP contribution in [0.2, 0.25) is 5.02 Å². The second kappa shape index (κ2) is 12.0. The van der Waals surface area contributed by atoms with E-state index in [1.54, 1.807) is 66.7 Å². The second-order valence-electron chi connectivity index (χ2n) is 9.40. The summed E-state index contributed by atoms with van der Waals surface area (Å²) in [4.78, 5) is 26.7. The normalized spacial score (nSPS) is 13.9. The van der Waals surface area contributed by atoms with E-state index in [4.69, 9.17) is 11.6 Å². The van der Waals surface area contributed by atoms with Crippen molar-refractivity contribution in [1.29, 1.82) is 0 Å². The summed E-state index contributed by atoms with van der Waals surface area (Å²) in [6.07, 6.45) is 0.581. The minimum absolute atomic E-state index is 0.305. The van der Waals surface area contributed by atoms with E-state index in [0.717, 1.165) is 0 Å². The number of halogens is 1. The summed E-state index contributed by atoms with van der Waals surface area (Å²) in [6, 6.07) is 19.0. The van der Waals surface area contributed by atoms with E-state index in [1.807, 2.05) is 19.0 Å². The van der Waals surface area contributed by atoms with Crippen LogP contribution in [-0.2, 0) is 19.6 Å². The molecular weight excluding hydrogens is 554 g/mol. The van der Waals surface area contributed by atoms with E-state index in [9.17, 15) is 18.0 Å². The maximum atomic E-state index is 13.2. The topological polar surface area (TPSA) is 120 Å². The Hall–Kier alpha value is -4.06. The molecule has 210 valence electrons. The second-order valence-corrected chi connectivity index (χ2v) is 11.7. The van der Waals surface area contributed by atoms with Crippen molar-refractivity contribution in [2.45, 2.75) is 0 Å². The molecule has 0 saturated heterocycles. The molecule has 0 unspecified atom stereocenters. The molecule has 2 amide bonds. The molecule has 3 N–H and O–H groups in total. The van der Waals surface area contributed by atoms with E-state index in [0.29, 0.717) is 63.3 Å². The van der Waals surface area contributed by atoms with Crippen LogP contribution in [0.3, 0.4) is 0 Å². The van der Waals surface area contributed by atoms with Crippen molar-refractivity contribution in [1.82, 2.24) is 4.90 Å². The molecule has 0 spiro atoms. The number of methoxy groups -OCH3 is 1. The number of anilines is 4. The quantitative estimate of drug-likeness (QED) is 0.310. The van der Waals surface area contributed by atoms with Crippen molar-refractivity contribution in [2.75, 3.05) is 60.8 Å². The summed E-state index contributed by atoms with van der Waals surface area (Å²) >= 11 is 6.15. The first kappa shape index (κ1) is 28.9. The zero-order valence-corrected chi connectivity index (χ0v) is 24.1. The molecule has 1 heterocycles. The predicted octanol–water partition coefficient (Wildman–Crippen LogP) is 4.78. The Bertz CT molecular complexity index is 1550. The first-order valence-electron chi connectivity index (χ1n) is 12.3. The first-order valence-corrected chi connectivity index (χ1v) is 14.5. The minimum atomic E-state index is -3.49. The molecule has 4 rings (SSSR count). The average molecular weight is 584 g/mol. The lowest BCUT2D eigenvalue weighted by molar-refractivity contribution is -0.110. The number of nitrogens with zero attached hydrogens (tertiary/aromatic N) is 2. The van der Waals surface area contributed by atoms with Crippen LogP contribution >= 0.6 is 11.6 Å². The highest BCUT2D eigenvalue weighted by atomic mass is 35.5. The third kappa shape index (κ3) is 6.74. The number of rotatable bonds is 9. The largest absolute Gasteiger partial charge is 0.453 e. The van der Waals surface area contributed by atoms with Gasteiger partial charge in [-0.05, 0) is 68.2 Å². The lowest BCUT2D eigenvalue weighted by Gasteiger charge is -2.24. The molecule has 1 aliphatic rings. The molecule has 40 heavy (non-hydrogen) atoms. The van der Waals surface area contributed by atoms with Crippen LogP contribution in [0, 0.1) is 0 Å². The maximum Gasteiger partial charge on any atom is 0.411 e. The van der Waals surface area contributed by atoms with Crippen molar-refractivity contribution in [3.63, 3.8) is 0 Å². The number of amides is 2. The van der Waals surface area contributed by atoms with Gasteiger partial charge in [0.15, 0.2) is 0 Å². The van der Waals surface area contributed by atoms with Crippen molar-refractivity contribution in [3.8, 4) is 0 Å². The minimum Gasteiger partial charge on any atom is -0.453 e. The number of hydrogen-bond acceptors (Lipinski definition) is 7. The van der Waals surface area contributed by atoms with E-state index in [-0.39, 0.29) is 5.91 Å². The number of ether oxygens (including phenoxy) is 1. The number of nitrogens with one attached hydrogen (secondary N) is 3. The molecule has 0 radical (unpaired) electrons. The Morgan fingerprint density at radius 2 is 1.57 bits per heavy atom. The summed E-state index contributed by atoms with van der Waals surface area (Å²) in [5.74, 6) is -0.305. The highest BCUT2D eigenvalue weighted by Crippen LogP contribution is 2.39. The standard InChI is InChI=1S/C28H30ClN5O5S/c1-33(2)15-16-34(40(4,37)38)22-12-10-20(11-13-22)30-26(18-5-8-21(9-6-18)31-28(36)39-3)25-23-14-7-19(29)17-24(23)32-27(25)35/h5-14,17,30H,15-16H2,1-4H3,(H,31,36)(H,32,35)/b26-25-. The number of likely N-dealkylation sites (N-methyl/N-ethyl adjacent to an activating group) is 1. The van der Waals surface area contributed by atoms with Crippen LogP contribution in [0.4, 0.5) is 27.5 Å². The van der Waals surface area contributed by atoms with Crippen LogP contribution < -0.4 is 20.3 Å². The fourth-order valence-electron chi connectivity index (χ4n) is 4.19. The zero-order valence-electron chi connectivity index (χ0n) is 22.5. The third-order valence-corrected chi connectivity index (χ3v) is 7.59. The van der Waals surface area contributed by atoms with Crippen molar-refractivity contribution in [2.24, 2.45) is 0 Å². The molecule has 1 aliphatic heterocycles. The molecule has 0 saturated carbocycles. The van der Waals surface area contributed by atoms with E-state index in [1.165, 1.54) is 17.7 Å². The van der Waals surface area contributed by atoms with Gasteiger partial charge in [-0.2, -0.15) is 0 Å². The molecule has 0 fully saturated rings. The maximum absolute atomic E-state index is 13.2. The van der Waals surface area contributed by atoms with E-state index < -0.39 is 16.1 Å². The van der Waals surface area contributed by atoms with Gasteiger partial charge in [-0.15, -0.1) is 0 Å². The first-order chi connectivity index (χ1) is 19.0. The van der Waals surface area contributed by atoms with E-state index in [2.05, 4.69) is 20.7 Å². The Balaban J connectivity index is 1.73.